The van der Waals surface area contributed by atoms with Gasteiger partial charge in [-0.1, -0.05) is 27.5 Å². The number of amides is 1. The van der Waals surface area contributed by atoms with Crippen LogP contribution in [0.5, 0.6) is 0 Å². The maximum absolute atomic E-state index is 13.1. The van der Waals surface area contributed by atoms with Crippen molar-refractivity contribution in [3.63, 3.8) is 0 Å². The van der Waals surface area contributed by atoms with Crippen LogP contribution in [0.2, 0.25) is 5.02 Å². The molecule has 0 aliphatic heterocycles. The smallest absolute Gasteiger partial charge is 0.261 e. The molecule has 0 saturated carbocycles. The molecule has 0 aliphatic carbocycles. The summed E-state index contributed by atoms with van der Waals surface area (Å²) in [7, 11) is 0. The Bertz CT molecular complexity index is 1010. The summed E-state index contributed by atoms with van der Waals surface area (Å²) in [5.41, 5.74) is 0.565. The third-order valence-corrected chi connectivity index (χ3v) is 4.09. The van der Waals surface area contributed by atoms with E-state index in [0.29, 0.717) is 16.6 Å². The van der Waals surface area contributed by atoms with Crippen LogP contribution >= 0.6 is 27.5 Å². The predicted octanol–water partition coefficient (Wildman–Crippen LogP) is 3.59. The van der Waals surface area contributed by atoms with Gasteiger partial charge in [-0.05, 0) is 36.4 Å². The topological polar surface area (TPSA) is 64.0 Å². The fourth-order valence-electron chi connectivity index (χ4n) is 2.17. The lowest BCUT2D eigenvalue weighted by molar-refractivity contribution is -0.116. The molecule has 0 fully saturated rings. The number of aromatic nitrogens is 2. The second kappa shape index (κ2) is 6.70. The van der Waals surface area contributed by atoms with E-state index in [1.54, 1.807) is 18.2 Å². The van der Waals surface area contributed by atoms with Gasteiger partial charge in [0, 0.05) is 10.2 Å². The van der Waals surface area contributed by atoms with Crippen LogP contribution in [0.3, 0.4) is 0 Å². The molecule has 1 heterocycles. The van der Waals surface area contributed by atoms with Crippen LogP contribution in [0.4, 0.5) is 10.1 Å². The molecule has 0 aliphatic rings. The van der Waals surface area contributed by atoms with E-state index in [0.717, 1.165) is 10.5 Å². The first kappa shape index (κ1) is 16.6. The molecular formula is C16H10BrClFN3O2. The summed E-state index contributed by atoms with van der Waals surface area (Å²) in [5.74, 6) is -1.02. The summed E-state index contributed by atoms with van der Waals surface area (Å²) >= 11 is 8.97. The van der Waals surface area contributed by atoms with Crippen LogP contribution < -0.4 is 10.9 Å². The summed E-state index contributed by atoms with van der Waals surface area (Å²) in [6.45, 7) is -0.219. The second-order valence-electron chi connectivity index (χ2n) is 5.02. The number of benzene rings is 2. The number of fused-ring (bicyclic) bond motifs is 1. The zero-order valence-electron chi connectivity index (χ0n) is 12.1. The molecule has 3 aromatic rings. The van der Waals surface area contributed by atoms with Crippen molar-refractivity contribution in [1.82, 2.24) is 9.55 Å². The lowest BCUT2D eigenvalue weighted by Crippen LogP contribution is -2.27. The number of hydrogen-bond donors (Lipinski definition) is 1. The number of anilines is 1. The minimum atomic E-state index is -0.574. The first-order chi connectivity index (χ1) is 11.4. The van der Waals surface area contributed by atoms with E-state index in [4.69, 9.17) is 11.6 Å². The summed E-state index contributed by atoms with van der Waals surface area (Å²) in [5, 5.41) is 2.87. The first-order valence-corrected chi connectivity index (χ1v) is 8.01. The second-order valence-corrected chi connectivity index (χ2v) is 6.34. The van der Waals surface area contributed by atoms with Crippen LogP contribution in [-0.4, -0.2) is 15.5 Å². The molecule has 0 spiro atoms. The molecule has 3 rings (SSSR count). The van der Waals surface area contributed by atoms with E-state index in [1.165, 1.54) is 23.0 Å². The van der Waals surface area contributed by atoms with Gasteiger partial charge in [-0.3, -0.25) is 14.2 Å². The quantitative estimate of drug-likeness (QED) is 0.718. The van der Waals surface area contributed by atoms with Crippen LogP contribution in [-0.2, 0) is 11.3 Å². The van der Waals surface area contributed by atoms with Crippen molar-refractivity contribution in [2.45, 2.75) is 6.54 Å². The van der Waals surface area contributed by atoms with Gasteiger partial charge in [0.1, 0.15) is 12.4 Å². The van der Waals surface area contributed by atoms with E-state index in [1.807, 2.05) is 0 Å². The van der Waals surface area contributed by atoms with Crippen molar-refractivity contribution in [2.24, 2.45) is 0 Å². The van der Waals surface area contributed by atoms with E-state index in [-0.39, 0.29) is 17.1 Å². The molecule has 24 heavy (non-hydrogen) atoms. The molecule has 0 unspecified atom stereocenters. The Morgan fingerprint density at radius 2 is 2.08 bits per heavy atom. The Morgan fingerprint density at radius 3 is 2.83 bits per heavy atom. The van der Waals surface area contributed by atoms with Crippen LogP contribution in [0, 0.1) is 5.82 Å². The van der Waals surface area contributed by atoms with Crippen molar-refractivity contribution < 1.29 is 9.18 Å². The largest absolute Gasteiger partial charge is 0.324 e. The van der Waals surface area contributed by atoms with Crippen molar-refractivity contribution in [2.75, 3.05) is 5.32 Å². The van der Waals surface area contributed by atoms with E-state index >= 15 is 0 Å². The van der Waals surface area contributed by atoms with Crippen LogP contribution in [0.25, 0.3) is 10.9 Å². The molecule has 1 amide bonds. The number of halogens is 3. The highest BCUT2D eigenvalue weighted by Gasteiger charge is 2.10. The SMILES string of the molecule is O=C(Cn1cnc2ccc(Br)cc2c1=O)Nc1ccc(F)c(Cl)c1. The minimum Gasteiger partial charge on any atom is -0.324 e. The van der Waals surface area contributed by atoms with Crippen molar-refractivity contribution in [3.8, 4) is 0 Å². The fraction of sp³-hybridized carbons (Fsp3) is 0.0625. The zero-order chi connectivity index (χ0) is 17.3. The highest BCUT2D eigenvalue weighted by Crippen LogP contribution is 2.19. The van der Waals surface area contributed by atoms with Crippen molar-refractivity contribution in [1.29, 1.82) is 0 Å². The number of nitrogens with one attached hydrogen (secondary N) is 1. The standard InChI is InChI=1S/C16H10BrClFN3O2/c17-9-1-4-14-11(5-9)16(24)22(8-20-14)7-15(23)21-10-2-3-13(19)12(18)6-10/h1-6,8H,7H2,(H,21,23). The molecule has 2 aromatic carbocycles. The van der Waals surface area contributed by atoms with Gasteiger partial charge in [-0.15, -0.1) is 0 Å². The Kier molecular flexibility index (Phi) is 4.64. The normalized spacial score (nSPS) is 10.8. The molecule has 8 heteroatoms. The number of carbonyl (C=O) groups is 1. The third kappa shape index (κ3) is 3.47. The Labute approximate surface area is 149 Å². The zero-order valence-corrected chi connectivity index (χ0v) is 14.4. The van der Waals surface area contributed by atoms with Gasteiger partial charge in [0.2, 0.25) is 5.91 Å². The van der Waals surface area contributed by atoms with Gasteiger partial charge in [0.15, 0.2) is 0 Å². The van der Waals surface area contributed by atoms with Crippen molar-refractivity contribution >= 4 is 50.0 Å². The first-order valence-electron chi connectivity index (χ1n) is 6.83. The summed E-state index contributed by atoms with van der Waals surface area (Å²) in [4.78, 5) is 28.7. The van der Waals surface area contributed by atoms with E-state index in [9.17, 15) is 14.0 Å². The average molecular weight is 411 g/mol. The Hall–Kier alpha value is -2.25. The molecule has 5 nitrogen and oxygen atoms in total. The molecular weight excluding hydrogens is 401 g/mol. The highest BCUT2D eigenvalue weighted by atomic mass is 79.9. The monoisotopic (exact) mass is 409 g/mol. The fourth-order valence-corrected chi connectivity index (χ4v) is 2.71. The lowest BCUT2D eigenvalue weighted by Gasteiger charge is -2.08. The molecule has 0 saturated heterocycles. The van der Waals surface area contributed by atoms with Gasteiger partial charge >= 0.3 is 0 Å². The lowest BCUT2D eigenvalue weighted by atomic mass is 10.2. The molecule has 0 radical (unpaired) electrons. The van der Waals surface area contributed by atoms with Gasteiger partial charge < -0.3 is 5.32 Å². The van der Waals surface area contributed by atoms with Gasteiger partial charge in [-0.2, -0.15) is 0 Å². The molecule has 1 N–H and O–H groups in total. The summed E-state index contributed by atoms with van der Waals surface area (Å²) in [6.07, 6.45) is 1.32. The van der Waals surface area contributed by atoms with E-state index in [2.05, 4.69) is 26.2 Å². The average Bonchev–Trinajstić information content (AvgIpc) is 2.54. The number of rotatable bonds is 3. The molecule has 0 bridgehead atoms. The van der Waals surface area contributed by atoms with E-state index < -0.39 is 11.7 Å². The number of nitrogens with zero attached hydrogens (tertiary/aromatic N) is 2. The Balaban J connectivity index is 1.84. The number of hydrogen-bond acceptors (Lipinski definition) is 3. The minimum absolute atomic E-state index is 0.0952. The van der Waals surface area contributed by atoms with Crippen molar-refractivity contribution in [3.05, 3.63) is 68.4 Å². The molecule has 0 atom stereocenters. The summed E-state index contributed by atoms with van der Waals surface area (Å²) < 4.78 is 15.1. The molecule has 122 valence electrons. The maximum Gasteiger partial charge on any atom is 0.261 e. The molecule has 1 aromatic heterocycles. The summed E-state index contributed by atoms with van der Waals surface area (Å²) in [6, 6.07) is 8.98. The van der Waals surface area contributed by atoms with Gasteiger partial charge in [0.05, 0.1) is 22.3 Å². The van der Waals surface area contributed by atoms with Crippen LogP contribution in [0.15, 0.2) is 52.0 Å². The maximum atomic E-state index is 13.1. The highest BCUT2D eigenvalue weighted by molar-refractivity contribution is 9.10. The van der Waals surface area contributed by atoms with Gasteiger partial charge in [0.25, 0.3) is 5.56 Å². The number of carbonyl (C=O) groups excluding carboxylic acids is 1. The third-order valence-electron chi connectivity index (χ3n) is 3.30. The predicted molar refractivity (Wildman–Crippen MR) is 93.7 cm³/mol. The van der Waals surface area contributed by atoms with Crippen LogP contribution in [0.1, 0.15) is 0 Å². The Morgan fingerprint density at radius 1 is 1.29 bits per heavy atom. The van der Waals surface area contributed by atoms with Gasteiger partial charge in [-0.25, -0.2) is 9.37 Å².